The van der Waals surface area contributed by atoms with Gasteiger partial charge in [-0.3, -0.25) is 9.69 Å². The normalized spacial score (nSPS) is 21.8. The lowest BCUT2D eigenvalue weighted by molar-refractivity contribution is 0.0564. The summed E-state index contributed by atoms with van der Waals surface area (Å²) in [5.74, 6) is 0.188. The van der Waals surface area contributed by atoms with E-state index >= 15 is 0 Å². The third-order valence-corrected chi connectivity index (χ3v) is 6.37. The van der Waals surface area contributed by atoms with Gasteiger partial charge in [-0.1, -0.05) is 17.7 Å². The van der Waals surface area contributed by atoms with Crippen molar-refractivity contribution >= 4 is 34.5 Å². The molecule has 2 aliphatic heterocycles. The minimum absolute atomic E-state index is 0.188. The largest absolute Gasteiger partial charge is 0.369 e. The van der Waals surface area contributed by atoms with Gasteiger partial charge >= 0.3 is 0 Å². The molecule has 0 spiro atoms. The summed E-state index contributed by atoms with van der Waals surface area (Å²) in [6, 6.07) is 10.5. The molecule has 138 valence electrons. The second kappa shape index (κ2) is 7.99. The van der Waals surface area contributed by atoms with Crippen LogP contribution in [0, 0.1) is 0 Å². The van der Waals surface area contributed by atoms with Gasteiger partial charge in [0.05, 0.1) is 5.56 Å². The zero-order valence-corrected chi connectivity index (χ0v) is 16.4. The van der Waals surface area contributed by atoms with Crippen LogP contribution < -0.4 is 4.90 Å². The highest BCUT2D eigenvalue weighted by Crippen LogP contribution is 2.24. The van der Waals surface area contributed by atoms with Gasteiger partial charge in [-0.15, -0.1) is 0 Å². The minimum Gasteiger partial charge on any atom is -0.369 e. The summed E-state index contributed by atoms with van der Waals surface area (Å²) in [4.78, 5) is 19.7. The van der Waals surface area contributed by atoms with E-state index in [9.17, 15) is 4.79 Å². The van der Waals surface area contributed by atoms with E-state index in [1.165, 1.54) is 12.1 Å². The summed E-state index contributed by atoms with van der Waals surface area (Å²) in [6.45, 7) is 5.83. The number of hydrogen-bond acceptors (Lipinski definition) is 4. The van der Waals surface area contributed by atoms with Gasteiger partial charge in [0.15, 0.2) is 0 Å². The molecule has 1 amide bonds. The molecule has 2 fully saturated rings. The Labute approximate surface area is 164 Å². The number of likely N-dealkylation sites (tertiary alicyclic amines) is 1. The van der Waals surface area contributed by atoms with Gasteiger partial charge in [-0.05, 0) is 42.5 Å². The third kappa shape index (κ3) is 3.90. The van der Waals surface area contributed by atoms with Crippen LogP contribution in [-0.4, -0.2) is 61.0 Å². The van der Waals surface area contributed by atoms with E-state index < -0.39 is 0 Å². The number of nitrogens with zero attached hydrogens (tertiary/aromatic N) is 3. The molecule has 0 unspecified atom stereocenters. The second-order valence-corrected chi connectivity index (χ2v) is 8.28. The van der Waals surface area contributed by atoms with Crippen molar-refractivity contribution in [2.45, 2.75) is 18.9 Å². The summed E-state index contributed by atoms with van der Waals surface area (Å²) in [5, 5.41) is 4.72. The predicted octanol–water partition coefficient (Wildman–Crippen LogP) is 3.83. The first-order valence-corrected chi connectivity index (χ1v) is 10.6. The fourth-order valence-corrected chi connectivity index (χ4v) is 4.84. The second-order valence-electron chi connectivity index (χ2n) is 7.06. The molecule has 3 heterocycles. The Hall–Kier alpha value is -1.56. The van der Waals surface area contributed by atoms with Crippen molar-refractivity contribution in [3.05, 3.63) is 51.7 Å². The Kier molecular flexibility index (Phi) is 5.48. The van der Waals surface area contributed by atoms with Gasteiger partial charge in [0.25, 0.3) is 5.91 Å². The van der Waals surface area contributed by atoms with Gasteiger partial charge in [0, 0.05) is 61.4 Å². The van der Waals surface area contributed by atoms with Gasteiger partial charge in [0.2, 0.25) is 0 Å². The average molecular weight is 390 g/mol. The highest BCUT2D eigenvalue weighted by atomic mass is 35.5. The SMILES string of the molecule is O=C(c1ccsc1)N1CCC[C@H](N2CCN(c3cccc(Cl)c3)CC2)C1. The lowest BCUT2D eigenvalue weighted by Gasteiger charge is -2.44. The zero-order chi connectivity index (χ0) is 17.9. The van der Waals surface area contributed by atoms with Crippen LogP contribution in [0.4, 0.5) is 5.69 Å². The van der Waals surface area contributed by atoms with E-state index in [2.05, 4.69) is 15.9 Å². The summed E-state index contributed by atoms with van der Waals surface area (Å²) in [6.07, 6.45) is 2.28. The van der Waals surface area contributed by atoms with Crippen LogP contribution in [0.25, 0.3) is 0 Å². The molecule has 2 saturated heterocycles. The van der Waals surface area contributed by atoms with Crippen LogP contribution in [0.15, 0.2) is 41.1 Å². The number of thiophene rings is 1. The number of hydrogen-bond donors (Lipinski definition) is 0. The zero-order valence-electron chi connectivity index (χ0n) is 14.8. The van der Waals surface area contributed by atoms with Crippen molar-refractivity contribution in [1.29, 1.82) is 0 Å². The number of piperazine rings is 1. The van der Waals surface area contributed by atoms with Crippen LogP contribution in [0.1, 0.15) is 23.2 Å². The minimum atomic E-state index is 0.188. The van der Waals surface area contributed by atoms with Gasteiger partial charge in [0.1, 0.15) is 0 Å². The van der Waals surface area contributed by atoms with Crippen molar-refractivity contribution in [1.82, 2.24) is 9.80 Å². The Bertz CT molecular complexity index is 743. The number of anilines is 1. The number of carbonyl (C=O) groups excluding carboxylic acids is 1. The van der Waals surface area contributed by atoms with E-state index in [0.717, 1.165) is 56.3 Å². The fourth-order valence-electron chi connectivity index (χ4n) is 4.02. The highest BCUT2D eigenvalue weighted by molar-refractivity contribution is 7.08. The quantitative estimate of drug-likeness (QED) is 0.798. The van der Waals surface area contributed by atoms with Crippen LogP contribution in [0.3, 0.4) is 0 Å². The van der Waals surface area contributed by atoms with Gasteiger partial charge < -0.3 is 9.80 Å². The molecule has 1 aromatic heterocycles. The first-order chi connectivity index (χ1) is 12.7. The van der Waals surface area contributed by atoms with E-state index in [1.54, 1.807) is 11.3 Å². The average Bonchev–Trinajstić information content (AvgIpc) is 3.22. The number of piperidine rings is 1. The molecule has 0 radical (unpaired) electrons. The smallest absolute Gasteiger partial charge is 0.254 e. The molecule has 0 bridgehead atoms. The lowest BCUT2D eigenvalue weighted by Crippen LogP contribution is -2.55. The van der Waals surface area contributed by atoms with Crippen molar-refractivity contribution in [2.24, 2.45) is 0 Å². The molecular weight excluding hydrogens is 366 g/mol. The monoisotopic (exact) mass is 389 g/mol. The molecule has 1 aromatic carbocycles. The summed E-state index contributed by atoms with van der Waals surface area (Å²) < 4.78 is 0. The predicted molar refractivity (Wildman–Crippen MR) is 108 cm³/mol. The van der Waals surface area contributed by atoms with E-state index in [0.29, 0.717) is 6.04 Å². The molecule has 26 heavy (non-hydrogen) atoms. The molecule has 1 atom stereocenters. The number of rotatable bonds is 3. The standard InChI is InChI=1S/C20H24ClN3OS/c21-17-3-1-4-18(13-17)22-8-10-23(11-9-22)19-5-2-7-24(14-19)20(25)16-6-12-26-15-16/h1,3-4,6,12-13,15,19H,2,5,7-11,14H2/t19-/m0/s1. The van der Waals surface area contributed by atoms with E-state index in [4.69, 9.17) is 11.6 Å². The summed E-state index contributed by atoms with van der Waals surface area (Å²) >= 11 is 7.72. The Morgan fingerprint density at radius 3 is 2.69 bits per heavy atom. The van der Waals surface area contributed by atoms with Crippen LogP contribution >= 0.6 is 22.9 Å². The maximum atomic E-state index is 12.7. The molecule has 0 saturated carbocycles. The summed E-state index contributed by atoms with van der Waals surface area (Å²) in [7, 11) is 0. The van der Waals surface area contributed by atoms with Crippen molar-refractivity contribution < 1.29 is 4.79 Å². The maximum Gasteiger partial charge on any atom is 0.254 e. The Morgan fingerprint density at radius 1 is 1.12 bits per heavy atom. The summed E-state index contributed by atoms with van der Waals surface area (Å²) in [5.41, 5.74) is 2.04. The molecule has 6 heteroatoms. The fraction of sp³-hybridized carbons (Fsp3) is 0.450. The Balaban J connectivity index is 1.34. The van der Waals surface area contributed by atoms with Crippen molar-refractivity contribution in [3.8, 4) is 0 Å². The van der Waals surface area contributed by atoms with Crippen LogP contribution in [-0.2, 0) is 0 Å². The molecule has 2 aliphatic rings. The maximum absolute atomic E-state index is 12.7. The molecule has 4 nitrogen and oxygen atoms in total. The molecular formula is C20H24ClN3OS. The van der Waals surface area contributed by atoms with E-state index in [-0.39, 0.29) is 5.91 Å². The topological polar surface area (TPSA) is 26.8 Å². The number of benzene rings is 1. The van der Waals surface area contributed by atoms with Crippen LogP contribution in [0.5, 0.6) is 0 Å². The highest BCUT2D eigenvalue weighted by Gasteiger charge is 2.30. The first-order valence-electron chi connectivity index (χ1n) is 9.27. The van der Waals surface area contributed by atoms with Crippen molar-refractivity contribution in [2.75, 3.05) is 44.2 Å². The first kappa shape index (κ1) is 17.8. The molecule has 0 aliphatic carbocycles. The lowest BCUT2D eigenvalue weighted by atomic mass is 10.0. The van der Waals surface area contributed by atoms with Crippen molar-refractivity contribution in [3.63, 3.8) is 0 Å². The number of halogens is 1. The van der Waals surface area contributed by atoms with Gasteiger partial charge in [-0.2, -0.15) is 11.3 Å². The number of amides is 1. The molecule has 4 rings (SSSR count). The molecule has 2 aromatic rings. The third-order valence-electron chi connectivity index (χ3n) is 5.46. The number of carbonyl (C=O) groups is 1. The van der Waals surface area contributed by atoms with E-state index in [1.807, 2.05) is 39.9 Å². The van der Waals surface area contributed by atoms with Gasteiger partial charge in [-0.25, -0.2) is 0 Å². The molecule has 0 N–H and O–H groups in total. The Morgan fingerprint density at radius 2 is 1.96 bits per heavy atom. The van der Waals surface area contributed by atoms with Crippen LogP contribution in [0.2, 0.25) is 5.02 Å².